The van der Waals surface area contributed by atoms with Crippen molar-refractivity contribution in [1.82, 2.24) is 9.55 Å². The molecule has 1 fully saturated rings. The average molecular weight is 345 g/mol. The summed E-state index contributed by atoms with van der Waals surface area (Å²) in [6.45, 7) is 1.61. The minimum absolute atomic E-state index is 0.271. The van der Waals surface area contributed by atoms with Crippen molar-refractivity contribution in [1.29, 1.82) is 0 Å². The number of imidazole rings is 1. The van der Waals surface area contributed by atoms with Crippen LogP contribution in [0.2, 0.25) is 0 Å². The summed E-state index contributed by atoms with van der Waals surface area (Å²) in [7, 11) is 0. The minimum atomic E-state index is -0.271. The van der Waals surface area contributed by atoms with Crippen LogP contribution in [0.1, 0.15) is 19.3 Å². The summed E-state index contributed by atoms with van der Waals surface area (Å²) in [5.41, 5.74) is 1.66. The molecule has 1 unspecified atom stereocenters. The van der Waals surface area contributed by atoms with Crippen molar-refractivity contribution in [3.05, 3.63) is 27.2 Å². The Morgan fingerprint density at radius 1 is 1.53 bits per heavy atom. The van der Waals surface area contributed by atoms with Crippen molar-refractivity contribution in [2.75, 3.05) is 6.61 Å². The molecule has 0 amide bonds. The minimum Gasteiger partial charge on any atom is -0.378 e. The van der Waals surface area contributed by atoms with Gasteiger partial charge in [0.2, 0.25) is 0 Å². The molecule has 1 saturated heterocycles. The maximum absolute atomic E-state index is 13.6. The number of nitrogens with zero attached hydrogens (tertiary/aromatic N) is 1. The summed E-state index contributed by atoms with van der Waals surface area (Å²) in [4.78, 5) is 3.11. The Balaban J connectivity index is 1.91. The average Bonchev–Trinajstić information content (AvgIpc) is 2.96. The number of nitrogens with one attached hydrogen (secondary N) is 1. The van der Waals surface area contributed by atoms with Crippen LogP contribution in [-0.2, 0) is 11.3 Å². The molecule has 0 radical (unpaired) electrons. The van der Waals surface area contributed by atoms with Gasteiger partial charge in [-0.3, -0.25) is 0 Å². The molecule has 1 aliphatic rings. The number of aromatic amines is 1. The van der Waals surface area contributed by atoms with E-state index in [0.29, 0.717) is 15.3 Å². The van der Waals surface area contributed by atoms with E-state index in [1.165, 1.54) is 6.07 Å². The lowest BCUT2D eigenvalue weighted by molar-refractivity contribution is 0.101. The number of hydrogen-bond donors (Lipinski definition) is 1. The molecule has 1 aromatic heterocycles. The maximum atomic E-state index is 13.6. The molecule has 1 atom stereocenters. The van der Waals surface area contributed by atoms with E-state index in [1.807, 2.05) is 4.57 Å². The Morgan fingerprint density at radius 2 is 2.37 bits per heavy atom. The second kappa shape index (κ2) is 5.34. The molecule has 2 heterocycles. The summed E-state index contributed by atoms with van der Waals surface area (Å²) >= 11 is 8.49. The SMILES string of the molecule is Fc1cc2c(cc1Br)[nH]c(=S)n2CCC1CCCO1. The molecule has 0 spiro atoms. The van der Waals surface area contributed by atoms with Crippen LogP contribution in [0.15, 0.2) is 16.6 Å². The van der Waals surface area contributed by atoms with Gasteiger partial charge in [0, 0.05) is 19.2 Å². The molecule has 1 aromatic carbocycles. The highest BCUT2D eigenvalue weighted by Crippen LogP contribution is 2.24. The topological polar surface area (TPSA) is 29.9 Å². The molecule has 1 aliphatic heterocycles. The number of aromatic nitrogens is 2. The molecular weight excluding hydrogens is 331 g/mol. The number of benzene rings is 1. The number of fused-ring (bicyclic) bond motifs is 1. The van der Waals surface area contributed by atoms with Gasteiger partial charge in [0.1, 0.15) is 5.82 Å². The fraction of sp³-hybridized carbons (Fsp3) is 0.462. The van der Waals surface area contributed by atoms with Crippen molar-refractivity contribution in [2.45, 2.75) is 31.9 Å². The van der Waals surface area contributed by atoms with Gasteiger partial charge in [0.15, 0.2) is 4.77 Å². The van der Waals surface area contributed by atoms with E-state index < -0.39 is 0 Å². The Morgan fingerprint density at radius 3 is 3.11 bits per heavy atom. The molecule has 1 N–H and O–H groups in total. The number of rotatable bonds is 3. The van der Waals surface area contributed by atoms with E-state index in [2.05, 4.69) is 20.9 Å². The van der Waals surface area contributed by atoms with Crippen molar-refractivity contribution in [2.24, 2.45) is 0 Å². The van der Waals surface area contributed by atoms with Crippen LogP contribution in [0.5, 0.6) is 0 Å². The first kappa shape index (κ1) is 13.3. The summed E-state index contributed by atoms with van der Waals surface area (Å²) in [6.07, 6.45) is 3.47. The zero-order valence-electron chi connectivity index (χ0n) is 10.3. The van der Waals surface area contributed by atoms with Crippen LogP contribution in [0.4, 0.5) is 4.39 Å². The predicted octanol–water partition coefficient (Wildman–Crippen LogP) is 4.17. The molecule has 0 bridgehead atoms. The fourth-order valence-corrected chi connectivity index (χ4v) is 3.16. The van der Waals surface area contributed by atoms with Gasteiger partial charge in [-0.05, 0) is 53.5 Å². The van der Waals surface area contributed by atoms with Gasteiger partial charge in [0.25, 0.3) is 0 Å². The molecule has 3 nitrogen and oxygen atoms in total. The third-order valence-corrected chi connectivity index (χ3v) is 4.44. The Bertz CT molecular complexity index is 660. The number of ether oxygens (including phenoxy) is 1. The van der Waals surface area contributed by atoms with Crippen LogP contribution in [-0.4, -0.2) is 22.3 Å². The first-order valence-electron chi connectivity index (χ1n) is 6.34. The number of halogens is 2. The lowest BCUT2D eigenvalue weighted by Crippen LogP contribution is -2.10. The molecule has 19 heavy (non-hydrogen) atoms. The number of aryl methyl sites for hydroxylation is 1. The largest absolute Gasteiger partial charge is 0.378 e. The highest BCUT2D eigenvalue weighted by molar-refractivity contribution is 9.10. The Hall–Kier alpha value is -0.720. The fourth-order valence-electron chi connectivity index (χ4n) is 2.52. The van der Waals surface area contributed by atoms with Gasteiger partial charge in [-0.15, -0.1) is 0 Å². The first-order valence-corrected chi connectivity index (χ1v) is 7.54. The van der Waals surface area contributed by atoms with E-state index in [9.17, 15) is 4.39 Å². The van der Waals surface area contributed by atoms with Crippen LogP contribution in [0.3, 0.4) is 0 Å². The monoisotopic (exact) mass is 344 g/mol. The zero-order valence-corrected chi connectivity index (χ0v) is 12.7. The third-order valence-electron chi connectivity index (χ3n) is 3.51. The normalized spacial score (nSPS) is 19.4. The van der Waals surface area contributed by atoms with Gasteiger partial charge < -0.3 is 14.3 Å². The molecule has 0 aliphatic carbocycles. The second-order valence-corrected chi connectivity index (χ2v) is 6.03. The van der Waals surface area contributed by atoms with Crippen molar-refractivity contribution < 1.29 is 9.13 Å². The standard InChI is InChI=1S/C13H14BrFN2OS/c14-9-6-11-12(7-10(9)15)17(13(19)16-11)4-3-8-2-1-5-18-8/h6-8H,1-5H2,(H,16,19). The molecule has 3 rings (SSSR count). The molecule has 2 aromatic rings. The number of H-pyrrole nitrogens is 1. The Kier molecular flexibility index (Phi) is 3.73. The highest BCUT2D eigenvalue weighted by Gasteiger charge is 2.16. The summed E-state index contributed by atoms with van der Waals surface area (Å²) in [5.74, 6) is -0.271. The highest BCUT2D eigenvalue weighted by atomic mass is 79.9. The predicted molar refractivity (Wildman–Crippen MR) is 78.4 cm³/mol. The van der Waals surface area contributed by atoms with E-state index in [4.69, 9.17) is 17.0 Å². The van der Waals surface area contributed by atoms with E-state index in [1.54, 1.807) is 6.07 Å². The number of hydrogen-bond acceptors (Lipinski definition) is 2. The van der Waals surface area contributed by atoms with Gasteiger partial charge in [0.05, 0.1) is 21.6 Å². The maximum Gasteiger partial charge on any atom is 0.178 e. The van der Waals surface area contributed by atoms with Crippen molar-refractivity contribution in [3.63, 3.8) is 0 Å². The summed E-state index contributed by atoms with van der Waals surface area (Å²) < 4.78 is 22.3. The molecule has 102 valence electrons. The van der Waals surface area contributed by atoms with E-state index >= 15 is 0 Å². The lowest BCUT2D eigenvalue weighted by Gasteiger charge is -2.10. The van der Waals surface area contributed by atoms with Crippen LogP contribution < -0.4 is 0 Å². The quantitative estimate of drug-likeness (QED) is 0.847. The lowest BCUT2D eigenvalue weighted by atomic mass is 10.2. The van der Waals surface area contributed by atoms with Gasteiger partial charge in [-0.1, -0.05) is 0 Å². The van der Waals surface area contributed by atoms with Crippen molar-refractivity contribution in [3.8, 4) is 0 Å². The van der Waals surface area contributed by atoms with Gasteiger partial charge >= 0.3 is 0 Å². The smallest absolute Gasteiger partial charge is 0.178 e. The Labute approximate surface area is 123 Å². The summed E-state index contributed by atoms with van der Waals surface area (Å²) in [6, 6.07) is 3.24. The summed E-state index contributed by atoms with van der Waals surface area (Å²) in [5, 5.41) is 0. The van der Waals surface area contributed by atoms with Crippen LogP contribution in [0, 0.1) is 10.6 Å². The third kappa shape index (κ3) is 2.61. The van der Waals surface area contributed by atoms with Crippen LogP contribution >= 0.6 is 28.1 Å². The van der Waals surface area contributed by atoms with Gasteiger partial charge in [-0.25, -0.2) is 4.39 Å². The van der Waals surface area contributed by atoms with E-state index in [-0.39, 0.29) is 5.82 Å². The van der Waals surface area contributed by atoms with E-state index in [0.717, 1.165) is 43.4 Å². The second-order valence-electron chi connectivity index (χ2n) is 4.79. The molecular formula is C13H14BrFN2OS. The van der Waals surface area contributed by atoms with Crippen molar-refractivity contribution >= 4 is 39.2 Å². The zero-order chi connectivity index (χ0) is 13.4. The van der Waals surface area contributed by atoms with Crippen LogP contribution in [0.25, 0.3) is 11.0 Å². The first-order chi connectivity index (χ1) is 9.15. The van der Waals surface area contributed by atoms with Gasteiger partial charge in [-0.2, -0.15) is 0 Å². The molecule has 0 saturated carbocycles. The molecule has 6 heteroatoms.